The van der Waals surface area contributed by atoms with E-state index in [2.05, 4.69) is 39.9 Å². The van der Waals surface area contributed by atoms with Gasteiger partial charge in [0.1, 0.15) is 0 Å². The predicted molar refractivity (Wildman–Crippen MR) is 77.8 cm³/mol. The maximum absolute atomic E-state index is 5.83. The van der Waals surface area contributed by atoms with Gasteiger partial charge in [-0.25, -0.2) is 0 Å². The molecule has 0 aromatic heterocycles. The van der Waals surface area contributed by atoms with E-state index in [4.69, 9.17) is 4.74 Å². The first-order valence-electron chi connectivity index (χ1n) is 7.03. The van der Waals surface area contributed by atoms with E-state index < -0.39 is 0 Å². The molecule has 1 aliphatic rings. The van der Waals surface area contributed by atoms with Gasteiger partial charge < -0.3 is 10.1 Å². The maximum Gasteiger partial charge on any atom is 0.0658 e. The Labute approximate surface area is 111 Å². The molecular weight excluding hydrogens is 230 g/mol. The highest BCUT2D eigenvalue weighted by Crippen LogP contribution is 2.46. The van der Waals surface area contributed by atoms with Crippen LogP contribution in [0.25, 0.3) is 0 Å². The summed E-state index contributed by atoms with van der Waals surface area (Å²) in [6.07, 6.45) is 2.84. The molecule has 0 spiro atoms. The second-order valence-corrected chi connectivity index (χ2v) is 6.64. The van der Waals surface area contributed by atoms with E-state index in [0.717, 1.165) is 6.61 Å². The van der Waals surface area contributed by atoms with Gasteiger partial charge in [0.25, 0.3) is 0 Å². The van der Waals surface area contributed by atoms with Gasteiger partial charge >= 0.3 is 0 Å². The Morgan fingerprint density at radius 3 is 2.65 bits per heavy atom. The van der Waals surface area contributed by atoms with Crippen molar-refractivity contribution in [3.8, 4) is 0 Å². The van der Waals surface area contributed by atoms with E-state index in [1.807, 2.05) is 11.8 Å². The Hall–Kier alpha value is 0.270. The van der Waals surface area contributed by atoms with Crippen molar-refractivity contribution in [1.29, 1.82) is 0 Å². The van der Waals surface area contributed by atoms with Crippen molar-refractivity contribution in [2.45, 2.75) is 65.6 Å². The zero-order valence-corrected chi connectivity index (χ0v) is 12.9. The van der Waals surface area contributed by atoms with E-state index in [-0.39, 0.29) is 0 Å². The van der Waals surface area contributed by atoms with Gasteiger partial charge in [-0.2, -0.15) is 11.8 Å². The standard InChI is InChI=1S/C14H29NOS/c1-6-14(5)12(9-13(14)16-7-2)15-11(4)10-17-8-3/h11-13,15H,6-10H2,1-5H3. The van der Waals surface area contributed by atoms with Crippen molar-refractivity contribution in [2.24, 2.45) is 5.41 Å². The van der Waals surface area contributed by atoms with Gasteiger partial charge in [-0.1, -0.05) is 20.8 Å². The fraction of sp³-hybridized carbons (Fsp3) is 1.00. The van der Waals surface area contributed by atoms with Crippen LogP contribution in [-0.4, -0.2) is 36.3 Å². The number of hydrogen-bond acceptors (Lipinski definition) is 3. The molecule has 0 amide bonds. The molecule has 0 aliphatic heterocycles. The third kappa shape index (κ3) is 3.62. The lowest BCUT2D eigenvalue weighted by molar-refractivity contribution is -0.127. The van der Waals surface area contributed by atoms with Crippen LogP contribution >= 0.6 is 11.8 Å². The summed E-state index contributed by atoms with van der Waals surface area (Å²) in [6.45, 7) is 12.1. The van der Waals surface area contributed by atoms with E-state index >= 15 is 0 Å². The zero-order chi connectivity index (χ0) is 12.9. The SMILES string of the molecule is CCOC1CC(NC(C)CSCC)C1(C)CC. The van der Waals surface area contributed by atoms with Crippen molar-refractivity contribution in [3.05, 3.63) is 0 Å². The number of ether oxygens (including phenoxy) is 1. The Bertz CT molecular complexity index is 224. The molecule has 1 aliphatic carbocycles. The van der Waals surface area contributed by atoms with Gasteiger partial charge in [-0.15, -0.1) is 0 Å². The lowest BCUT2D eigenvalue weighted by Gasteiger charge is -2.54. The van der Waals surface area contributed by atoms with Crippen molar-refractivity contribution in [2.75, 3.05) is 18.1 Å². The van der Waals surface area contributed by atoms with Crippen LogP contribution in [0.5, 0.6) is 0 Å². The summed E-state index contributed by atoms with van der Waals surface area (Å²) in [4.78, 5) is 0. The van der Waals surface area contributed by atoms with E-state index in [0.29, 0.717) is 23.6 Å². The molecule has 102 valence electrons. The van der Waals surface area contributed by atoms with Crippen molar-refractivity contribution in [1.82, 2.24) is 5.32 Å². The minimum atomic E-state index is 0.334. The Morgan fingerprint density at radius 1 is 1.41 bits per heavy atom. The Balaban J connectivity index is 2.40. The molecule has 1 saturated carbocycles. The average Bonchev–Trinajstić information content (AvgIpc) is 2.34. The molecular formula is C14H29NOS. The van der Waals surface area contributed by atoms with Crippen LogP contribution in [0, 0.1) is 5.41 Å². The molecule has 0 bridgehead atoms. The molecule has 2 nitrogen and oxygen atoms in total. The molecule has 0 heterocycles. The fourth-order valence-corrected chi connectivity index (χ4v) is 3.38. The number of nitrogens with one attached hydrogen (secondary N) is 1. The summed E-state index contributed by atoms with van der Waals surface area (Å²) >= 11 is 2.02. The molecule has 1 fully saturated rings. The second kappa shape index (κ2) is 7.01. The van der Waals surface area contributed by atoms with Gasteiger partial charge in [0.05, 0.1) is 6.10 Å². The largest absolute Gasteiger partial charge is 0.378 e. The summed E-state index contributed by atoms with van der Waals surface area (Å²) in [5.41, 5.74) is 0.334. The van der Waals surface area contributed by atoms with Crippen molar-refractivity contribution in [3.63, 3.8) is 0 Å². The highest BCUT2D eigenvalue weighted by Gasteiger charge is 2.51. The molecule has 1 N–H and O–H groups in total. The molecule has 4 atom stereocenters. The normalized spacial score (nSPS) is 34.4. The lowest BCUT2D eigenvalue weighted by atomic mass is 9.61. The second-order valence-electron chi connectivity index (χ2n) is 5.32. The summed E-state index contributed by atoms with van der Waals surface area (Å²) in [7, 11) is 0. The van der Waals surface area contributed by atoms with E-state index in [1.54, 1.807) is 0 Å². The summed E-state index contributed by atoms with van der Waals surface area (Å²) in [5.74, 6) is 2.43. The van der Waals surface area contributed by atoms with Gasteiger partial charge in [0.2, 0.25) is 0 Å². The molecule has 3 heteroatoms. The third-order valence-electron chi connectivity index (χ3n) is 4.17. The van der Waals surface area contributed by atoms with Crippen molar-refractivity contribution >= 4 is 11.8 Å². The number of hydrogen-bond donors (Lipinski definition) is 1. The first-order chi connectivity index (χ1) is 8.08. The molecule has 4 unspecified atom stereocenters. The van der Waals surface area contributed by atoms with Crippen LogP contribution in [-0.2, 0) is 4.74 Å². The smallest absolute Gasteiger partial charge is 0.0658 e. The van der Waals surface area contributed by atoms with Crippen LogP contribution in [0.3, 0.4) is 0 Å². The van der Waals surface area contributed by atoms with E-state index in [1.165, 1.54) is 24.3 Å². The van der Waals surface area contributed by atoms with Crippen LogP contribution < -0.4 is 5.32 Å². The summed E-state index contributed by atoms with van der Waals surface area (Å²) in [6, 6.07) is 1.25. The molecule has 0 aromatic carbocycles. The molecule has 0 saturated heterocycles. The first kappa shape index (κ1) is 15.3. The summed E-state index contributed by atoms with van der Waals surface area (Å²) in [5, 5.41) is 3.78. The van der Waals surface area contributed by atoms with Crippen LogP contribution in [0.2, 0.25) is 0 Å². The monoisotopic (exact) mass is 259 g/mol. The van der Waals surface area contributed by atoms with Crippen LogP contribution in [0.1, 0.15) is 47.5 Å². The molecule has 1 rings (SSSR count). The minimum Gasteiger partial charge on any atom is -0.378 e. The predicted octanol–water partition coefficient (Wildman–Crippen LogP) is 3.31. The van der Waals surface area contributed by atoms with Gasteiger partial charge in [0.15, 0.2) is 0 Å². The average molecular weight is 259 g/mol. The zero-order valence-electron chi connectivity index (χ0n) is 12.1. The van der Waals surface area contributed by atoms with Gasteiger partial charge in [0, 0.05) is 29.9 Å². The highest BCUT2D eigenvalue weighted by atomic mass is 32.2. The van der Waals surface area contributed by atoms with Gasteiger partial charge in [-0.3, -0.25) is 0 Å². The van der Waals surface area contributed by atoms with Crippen LogP contribution in [0.15, 0.2) is 0 Å². The number of thioether (sulfide) groups is 1. The minimum absolute atomic E-state index is 0.334. The topological polar surface area (TPSA) is 21.3 Å². The highest BCUT2D eigenvalue weighted by molar-refractivity contribution is 7.99. The molecule has 0 aromatic rings. The Morgan fingerprint density at radius 2 is 2.12 bits per heavy atom. The Kier molecular flexibility index (Phi) is 6.32. The third-order valence-corrected chi connectivity index (χ3v) is 5.31. The quantitative estimate of drug-likeness (QED) is 0.722. The first-order valence-corrected chi connectivity index (χ1v) is 8.19. The molecule has 17 heavy (non-hydrogen) atoms. The van der Waals surface area contributed by atoms with Crippen LogP contribution in [0.4, 0.5) is 0 Å². The maximum atomic E-state index is 5.83. The van der Waals surface area contributed by atoms with Gasteiger partial charge in [-0.05, 0) is 32.4 Å². The lowest BCUT2D eigenvalue weighted by Crippen LogP contribution is -2.63. The van der Waals surface area contributed by atoms with Crippen molar-refractivity contribution < 1.29 is 4.74 Å². The molecule has 0 radical (unpaired) electrons. The summed E-state index contributed by atoms with van der Waals surface area (Å²) < 4.78 is 5.83. The fourth-order valence-electron chi connectivity index (χ4n) is 2.69. The number of rotatable bonds is 8. The van der Waals surface area contributed by atoms with E-state index in [9.17, 15) is 0 Å².